The van der Waals surface area contributed by atoms with Crippen LogP contribution in [-0.2, 0) is 9.53 Å². The average molecular weight is 184 g/mol. The highest BCUT2D eigenvalue weighted by Gasteiger charge is 2.10. The van der Waals surface area contributed by atoms with Gasteiger partial charge < -0.3 is 9.64 Å². The van der Waals surface area contributed by atoms with Crippen molar-refractivity contribution in [2.75, 3.05) is 26.7 Å². The van der Waals surface area contributed by atoms with E-state index < -0.39 is 0 Å². The molecule has 1 heterocycles. The van der Waals surface area contributed by atoms with Gasteiger partial charge in [0.2, 0.25) is 0 Å². The van der Waals surface area contributed by atoms with E-state index in [2.05, 4.69) is 16.1 Å². The second kappa shape index (κ2) is 5.97. The third-order valence-electron chi connectivity index (χ3n) is 2.35. The van der Waals surface area contributed by atoms with Gasteiger partial charge in [-0.15, -0.1) is 0 Å². The van der Waals surface area contributed by atoms with E-state index in [4.69, 9.17) is 0 Å². The Morgan fingerprint density at radius 3 is 3.08 bits per heavy atom. The van der Waals surface area contributed by atoms with Crippen LogP contribution in [0.5, 0.6) is 0 Å². The molecule has 1 fully saturated rings. The Labute approximate surface area is 80.1 Å². The molecule has 1 radical (unpaired) electrons. The van der Waals surface area contributed by atoms with Crippen molar-refractivity contribution in [2.24, 2.45) is 0 Å². The molecule has 1 saturated heterocycles. The number of carbonyl (C=O) groups excluding carboxylic acids is 1. The van der Waals surface area contributed by atoms with Crippen LogP contribution >= 0.6 is 0 Å². The van der Waals surface area contributed by atoms with E-state index >= 15 is 0 Å². The Kier molecular flexibility index (Phi) is 4.83. The Hall–Kier alpha value is -0.570. The fourth-order valence-electron chi connectivity index (χ4n) is 1.58. The maximum absolute atomic E-state index is 10.8. The zero-order chi connectivity index (χ0) is 9.52. The Balaban J connectivity index is 2.01. The highest BCUT2D eigenvalue weighted by Crippen LogP contribution is 2.08. The van der Waals surface area contributed by atoms with Crippen LogP contribution in [0.15, 0.2) is 0 Å². The van der Waals surface area contributed by atoms with Crippen LogP contribution in [0.25, 0.3) is 0 Å². The summed E-state index contributed by atoms with van der Waals surface area (Å²) in [5, 5.41) is 0. The molecule has 75 valence electrons. The molecular weight excluding hydrogens is 166 g/mol. The van der Waals surface area contributed by atoms with E-state index in [0.29, 0.717) is 6.42 Å². The number of methoxy groups -OCH3 is 1. The zero-order valence-corrected chi connectivity index (χ0v) is 8.29. The topological polar surface area (TPSA) is 29.5 Å². The largest absolute Gasteiger partial charge is 0.469 e. The van der Waals surface area contributed by atoms with Gasteiger partial charge in [-0.25, -0.2) is 0 Å². The zero-order valence-electron chi connectivity index (χ0n) is 8.29. The molecule has 3 nitrogen and oxygen atoms in total. The minimum absolute atomic E-state index is 0.0963. The van der Waals surface area contributed by atoms with E-state index in [1.54, 1.807) is 0 Å². The third-order valence-corrected chi connectivity index (χ3v) is 2.35. The first-order chi connectivity index (χ1) is 6.33. The number of hydrogen-bond donors (Lipinski definition) is 0. The van der Waals surface area contributed by atoms with Crippen molar-refractivity contribution >= 4 is 5.97 Å². The standard InChI is InChI=1S/C10H18NO2/c1-13-10(12)6-5-9-11-7-3-2-4-8-11/h3H,2,4-9H2,1H3. The van der Waals surface area contributed by atoms with Crippen molar-refractivity contribution in [2.45, 2.75) is 25.7 Å². The molecule has 0 amide bonds. The first-order valence-electron chi connectivity index (χ1n) is 4.94. The summed E-state index contributed by atoms with van der Waals surface area (Å²) in [7, 11) is 1.44. The van der Waals surface area contributed by atoms with Crippen LogP contribution < -0.4 is 0 Å². The molecule has 0 aromatic heterocycles. The van der Waals surface area contributed by atoms with Gasteiger partial charge in [0.05, 0.1) is 7.11 Å². The van der Waals surface area contributed by atoms with E-state index in [9.17, 15) is 4.79 Å². The second-order valence-corrected chi connectivity index (χ2v) is 3.41. The van der Waals surface area contributed by atoms with Gasteiger partial charge in [0.1, 0.15) is 0 Å². The number of hydrogen-bond acceptors (Lipinski definition) is 3. The maximum atomic E-state index is 10.8. The molecule has 3 heteroatoms. The molecule has 0 bridgehead atoms. The van der Waals surface area contributed by atoms with Gasteiger partial charge >= 0.3 is 5.97 Å². The van der Waals surface area contributed by atoms with Crippen LogP contribution in [0.1, 0.15) is 25.7 Å². The molecule has 0 aromatic carbocycles. The third kappa shape index (κ3) is 4.27. The van der Waals surface area contributed by atoms with Gasteiger partial charge in [-0.3, -0.25) is 4.79 Å². The van der Waals surface area contributed by atoms with Crippen LogP contribution in [-0.4, -0.2) is 37.6 Å². The summed E-state index contributed by atoms with van der Waals surface area (Å²) < 4.78 is 4.57. The molecule has 0 atom stereocenters. The van der Waals surface area contributed by atoms with Gasteiger partial charge in [-0.1, -0.05) is 0 Å². The molecule has 0 unspecified atom stereocenters. The van der Waals surface area contributed by atoms with Crippen molar-refractivity contribution in [1.29, 1.82) is 0 Å². The van der Waals surface area contributed by atoms with Gasteiger partial charge in [0.25, 0.3) is 0 Å². The predicted molar refractivity (Wildman–Crippen MR) is 51.2 cm³/mol. The first-order valence-corrected chi connectivity index (χ1v) is 4.94. The smallest absolute Gasteiger partial charge is 0.305 e. The minimum atomic E-state index is -0.0963. The lowest BCUT2D eigenvalue weighted by atomic mass is 10.1. The predicted octanol–water partition coefficient (Wildman–Crippen LogP) is 1.24. The molecule has 0 aliphatic carbocycles. The lowest BCUT2D eigenvalue weighted by molar-refractivity contribution is -0.140. The molecule has 0 spiro atoms. The minimum Gasteiger partial charge on any atom is -0.469 e. The van der Waals surface area contributed by atoms with Crippen molar-refractivity contribution in [3.63, 3.8) is 0 Å². The number of rotatable bonds is 4. The van der Waals surface area contributed by atoms with Crippen molar-refractivity contribution in [1.82, 2.24) is 4.90 Å². The molecule has 1 aliphatic heterocycles. The van der Waals surface area contributed by atoms with Gasteiger partial charge in [0, 0.05) is 13.0 Å². The Morgan fingerprint density at radius 1 is 1.62 bits per heavy atom. The van der Waals surface area contributed by atoms with Crippen molar-refractivity contribution in [3.05, 3.63) is 6.42 Å². The molecular formula is C10H18NO2. The number of esters is 1. The monoisotopic (exact) mass is 184 g/mol. The SMILES string of the molecule is COC(=O)CCCN1C[CH]CCC1. The van der Waals surface area contributed by atoms with Crippen LogP contribution in [0.4, 0.5) is 0 Å². The molecule has 1 rings (SSSR count). The van der Waals surface area contributed by atoms with Gasteiger partial charge in [0.15, 0.2) is 0 Å². The van der Waals surface area contributed by atoms with Crippen molar-refractivity contribution < 1.29 is 9.53 Å². The molecule has 13 heavy (non-hydrogen) atoms. The van der Waals surface area contributed by atoms with E-state index in [1.807, 2.05) is 0 Å². The van der Waals surface area contributed by atoms with Crippen molar-refractivity contribution in [3.8, 4) is 0 Å². The fourth-order valence-corrected chi connectivity index (χ4v) is 1.58. The van der Waals surface area contributed by atoms with Crippen LogP contribution in [0, 0.1) is 6.42 Å². The number of piperidine rings is 1. The quantitative estimate of drug-likeness (QED) is 0.616. The first kappa shape index (κ1) is 10.5. The Morgan fingerprint density at radius 2 is 2.46 bits per heavy atom. The summed E-state index contributed by atoms with van der Waals surface area (Å²) in [6.45, 7) is 3.28. The maximum Gasteiger partial charge on any atom is 0.305 e. The molecule has 1 aliphatic rings. The summed E-state index contributed by atoms with van der Waals surface area (Å²) in [6.07, 6.45) is 6.28. The van der Waals surface area contributed by atoms with E-state index in [-0.39, 0.29) is 5.97 Å². The Bertz CT molecular complexity index is 153. The second-order valence-electron chi connectivity index (χ2n) is 3.41. The number of ether oxygens (including phenoxy) is 1. The van der Waals surface area contributed by atoms with Crippen LogP contribution in [0.3, 0.4) is 0 Å². The average Bonchev–Trinajstić information content (AvgIpc) is 2.19. The summed E-state index contributed by atoms with van der Waals surface area (Å²) in [5.41, 5.74) is 0. The van der Waals surface area contributed by atoms with E-state index in [1.165, 1.54) is 26.5 Å². The number of nitrogens with zero attached hydrogens (tertiary/aromatic N) is 1. The summed E-state index contributed by atoms with van der Waals surface area (Å²) in [5.74, 6) is -0.0963. The summed E-state index contributed by atoms with van der Waals surface area (Å²) in [6, 6.07) is 0. The van der Waals surface area contributed by atoms with Gasteiger partial charge in [-0.2, -0.15) is 0 Å². The highest BCUT2D eigenvalue weighted by atomic mass is 16.5. The lowest BCUT2D eigenvalue weighted by Crippen LogP contribution is -2.31. The van der Waals surface area contributed by atoms with Crippen LogP contribution in [0.2, 0.25) is 0 Å². The molecule has 0 saturated carbocycles. The van der Waals surface area contributed by atoms with Gasteiger partial charge in [-0.05, 0) is 38.8 Å². The highest BCUT2D eigenvalue weighted by molar-refractivity contribution is 5.69. The molecule has 0 N–H and O–H groups in total. The number of carbonyl (C=O) groups is 1. The normalized spacial score (nSPS) is 18.5. The number of likely N-dealkylation sites (tertiary alicyclic amines) is 1. The molecule has 0 aromatic rings. The summed E-state index contributed by atoms with van der Waals surface area (Å²) in [4.78, 5) is 13.2. The fraction of sp³-hybridized carbons (Fsp3) is 0.800. The lowest BCUT2D eigenvalue weighted by Gasteiger charge is -2.25. The summed E-state index contributed by atoms with van der Waals surface area (Å²) >= 11 is 0. The van der Waals surface area contributed by atoms with E-state index in [0.717, 1.165) is 19.5 Å².